The monoisotopic (exact) mass is 349 g/mol. The Morgan fingerprint density at radius 3 is 2.40 bits per heavy atom. The quantitative estimate of drug-likeness (QED) is 0.766. The van der Waals surface area contributed by atoms with Crippen LogP contribution in [0.2, 0.25) is 0 Å². The Hall–Kier alpha value is -2.47. The van der Waals surface area contributed by atoms with Crippen LogP contribution >= 0.6 is 0 Å². The second-order valence-corrected chi connectivity index (χ2v) is 5.78. The number of amides is 1. The van der Waals surface area contributed by atoms with Gasteiger partial charge >= 0.3 is 6.61 Å². The van der Waals surface area contributed by atoms with Gasteiger partial charge in [0.05, 0.1) is 11.7 Å². The summed E-state index contributed by atoms with van der Waals surface area (Å²) >= 11 is 0. The summed E-state index contributed by atoms with van der Waals surface area (Å²) in [7, 11) is 0. The molecule has 2 aromatic rings. The Morgan fingerprint density at radius 2 is 1.76 bits per heavy atom. The highest BCUT2D eigenvalue weighted by molar-refractivity contribution is 5.96. The first-order chi connectivity index (χ1) is 12.0. The highest BCUT2D eigenvalue weighted by Gasteiger charge is 2.18. The van der Waals surface area contributed by atoms with Crippen LogP contribution in [0.25, 0.3) is 0 Å². The number of nitrogens with one attached hydrogen (secondary N) is 1. The lowest BCUT2D eigenvalue weighted by Gasteiger charge is -2.20. The molecule has 2 aromatic carbocycles. The van der Waals surface area contributed by atoms with E-state index < -0.39 is 18.6 Å². The van der Waals surface area contributed by atoms with Gasteiger partial charge in [0, 0.05) is 12.5 Å². The molecular weight excluding hydrogens is 328 g/mol. The third kappa shape index (κ3) is 5.83. The molecule has 0 aromatic heterocycles. The van der Waals surface area contributed by atoms with E-state index in [1.54, 1.807) is 13.0 Å². The lowest BCUT2D eigenvalue weighted by atomic mass is 9.93. The minimum Gasteiger partial charge on any atom is -0.434 e. The minimum absolute atomic E-state index is 0.0478. The molecule has 2 unspecified atom stereocenters. The molecule has 0 radical (unpaired) electrons. The number of benzene rings is 2. The van der Waals surface area contributed by atoms with Crippen molar-refractivity contribution >= 4 is 5.91 Å². The van der Waals surface area contributed by atoms with Gasteiger partial charge in [0.25, 0.3) is 5.91 Å². The maximum absolute atomic E-state index is 12.5. The van der Waals surface area contributed by atoms with E-state index in [2.05, 4.69) is 10.1 Å². The highest BCUT2D eigenvalue weighted by atomic mass is 19.3. The fourth-order valence-corrected chi connectivity index (χ4v) is 2.64. The van der Waals surface area contributed by atoms with E-state index in [4.69, 9.17) is 0 Å². The molecule has 0 bridgehead atoms. The van der Waals surface area contributed by atoms with E-state index >= 15 is 0 Å². The van der Waals surface area contributed by atoms with Gasteiger partial charge in [-0.1, -0.05) is 42.5 Å². The molecule has 4 nitrogen and oxygen atoms in total. The summed E-state index contributed by atoms with van der Waals surface area (Å²) in [4.78, 5) is 12.4. The Bertz CT molecular complexity index is 677. The summed E-state index contributed by atoms with van der Waals surface area (Å²) < 4.78 is 29.3. The lowest BCUT2D eigenvalue weighted by Crippen LogP contribution is -2.30. The van der Waals surface area contributed by atoms with E-state index in [-0.39, 0.29) is 23.8 Å². The van der Waals surface area contributed by atoms with Crippen molar-refractivity contribution in [2.45, 2.75) is 32.0 Å². The molecule has 2 rings (SSSR count). The highest BCUT2D eigenvalue weighted by Crippen LogP contribution is 2.23. The molecule has 0 saturated carbocycles. The van der Waals surface area contributed by atoms with Crippen LogP contribution < -0.4 is 10.1 Å². The topological polar surface area (TPSA) is 58.6 Å². The zero-order valence-corrected chi connectivity index (χ0v) is 13.9. The number of alkyl halides is 2. The van der Waals surface area contributed by atoms with Gasteiger partial charge in [0.1, 0.15) is 5.75 Å². The number of hydrogen-bond acceptors (Lipinski definition) is 3. The van der Waals surface area contributed by atoms with Crippen molar-refractivity contribution in [3.05, 3.63) is 65.7 Å². The van der Waals surface area contributed by atoms with Crippen molar-refractivity contribution in [3.8, 4) is 5.75 Å². The zero-order valence-electron chi connectivity index (χ0n) is 13.9. The van der Waals surface area contributed by atoms with E-state index in [1.807, 2.05) is 30.3 Å². The summed E-state index contributed by atoms with van der Waals surface area (Å²) in [6.07, 6.45) is -0.0593. The largest absolute Gasteiger partial charge is 0.434 e. The Balaban J connectivity index is 2.09. The number of aliphatic hydroxyl groups excluding tert-OH is 1. The van der Waals surface area contributed by atoms with E-state index in [0.29, 0.717) is 6.42 Å². The summed E-state index contributed by atoms with van der Waals surface area (Å²) in [5.41, 5.74) is 1.03. The van der Waals surface area contributed by atoms with Crippen molar-refractivity contribution in [1.82, 2.24) is 5.32 Å². The molecule has 6 heteroatoms. The zero-order chi connectivity index (χ0) is 18.2. The van der Waals surface area contributed by atoms with E-state index in [0.717, 1.165) is 5.56 Å². The summed E-state index contributed by atoms with van der Waals surface area (Å²) in [5, 5.41) is 12.4. The average molecular weight is 349 g/mol. The van der Waals surface area contributed by atoms with Crippen LogP contribution in [0.1, 0.15) is 35.2 Å². The average Bonchev–Trinajstić information content (AvgIpc) is 2.58. The van der Waals surface area contributed by atoms with Crippen molar-refractivity contribution < 1.29 is 23.4 Å². The Morgan fingerprint density at radius 1 is 1.12 bits per heavy atom. The molecule has 1 amide bonds. The van der Waals surface area contributed by atoms with Crippen molar-refractivity contribution in [2.24, 2.45) is 0 Å². The van der Waals surface area contributed by atoms with Crippen LogP contribution in [0.4, 0.5) is 8.78 Å². The summed E-state index contributed by atoms with van der Waals surface area (Å²) in [6, 6.07) is 15.4. The standard InChI is InChI=1S/C19H21F2NO3/c1-13(23)11-15(14-7-3-2-4-8-14)12-22-18(24)16-9-5-6-10-17(16)25-19(20)21/h2-10,13,15,19,23H,11-12H2,1H3,(H,22,24). The summed E-state index contributed by atoms with van der Waals surface area (Å²) in [5.74, 6) is -0.752. The van der Waals surface area contributed by atoms with Gasteiger partial charge < -0.3 is 15.2 Å². The lowest BCUT2D eigenvalue weighted by molar-refractivity contribution is -0.0501. The predicted octanol–water partition coefficient (Wildman–Crippen LogP) is 3.57. The van der Waals surface area contributed by atoms with Crippen molar-refractivity contribution in [1.29, 1.82) is 0 Å². The normalized spacial score (nSPS) is 13.3. The van der Waals surface area contributed by atoms with Gasteiger partial charge in [-0.05, 0) is 31.0 Å². The SMILES string of the molecule is CC(O)CC(CNC(=O)c1ccccc1OC(F)F)c1ccccc1. The first-order valence-electron chi connectivity index (χ1n) is 8.02. The second-order valence-electron chi connectivity index (χ2n) is 5.78. The van der Waals surface area contributed by atoms with Crippen LogP contribution in [0, 0.1) is 0 Å². The van der Waals surface area contributed by atoms with Gasteiger partial charge in [-0.2, -0.15) is 8.78 Å². The van der Waals surface area contributed by atoms with Crippen molar-refractivity contribution in [2.75, 3.05) is 6.54 Å². The van der Waals surface area contributed by atoms with Gasteiger partial charge in [0.15, 0.2) is 0 Å². The van der Waals surface area contributed by atoms with Gasteiger partial charge in [-0.3, -0.25) is 4.79 Å². The van der Waals surface area contributed by atoms with Gasteiger partial charge in [0.2, 0.25) is 0 Å². The molecule has 2 N–H and O–H groups in total. The molecular formula is C19H21F2NO3. The molecule has 0 aliphatic rings. The minimum atomic E-state index is -3.00. The van der Waals surface area contributed by atoms with Gasteiger partial charge in [-0.25, -0.2) is 0 Å². The molecule has 0 aliphatic heterocycles. The third-order valence-electron chi connectivity index (χ3n) is 3.75. The number of hydrogen-bond donors (Lipinski definition) is 2. The Kier molecular flexibility index (Phi) is 6.89. The number of halogens is 2. The Labute approximate surface area is 145 Å². The molecule has 0 heterocycles. The maximum atomic E-state index is 12.5. The number of aliphatic hydroxyl groups is 1. The first kappa shape index (κ1) is 18.9. The summed E-state index contributed by atoms with van der Waals surface area (Å²) in [6.45, 7) is -1.04. The number of ether oxygens (including phenoxy) is 1. The number of carbonyl (C=O) groups excluding carboxylic acids is 1. The molecule has 0 spiro atoms. The number of para-hydroxylation sites is 1. The van der Waals surface area contributed by atoms with Crippen LogP contribution in [0.3, 0.4) is 0 Å². The molecule has 0 fully saturated rings. The number of rotatable bonds is 8. The van der Waals surface area contributed by atoms with E-state index in [9.17, 15) is 18.7 Å². The van der Waals surface area contributed by atoms with Crippen LogP contribution in [-0.4, -0.2) is 30.3 Å². The van der Waals surface area contributed by atoms with Crippen LogP contribution in [0.15, 0.2) is 54.6 Å². The maximum Gasteiger partial charge on any atom is 0.387 e. The predicted molar refractivity (Wildman–Crippen MR) is 90.9 cm³/mol. The van der Waals surface area contributed by atoms with Gasteiger partial charge in [-0.15, -0.1) is 0 Å². The molecule has 134 valence electrons. The second kappa shape index (κ2) is 9.13. The molecule has 0 aliphatic carbocycles. The van der Waals surface area contributed by atoms with Crippen LogP contribution in [-0.2, 0) is 0 Å². The molecule has 0 saturated heterocycles. The molecule has 2 atom stereocenters. The smallest absolute Gasteiger partial charge is 0.387 e. The first-order valence-corrected chi connectivity index (χ1v) is 8.02. The fourth-order valence-electron chi connectivity index (χ4n) is 2.64. The fraction of sp³-hybridized carbons (Fsp3) is 0.316. The van der Waals surface area contributed by atoms with Crippen molar-refractivity contribution in [3.63, 3.8) is 0 Å². The van der Waals surface area contributed by atoms with E-state index in [1.165, 1.54) is 18.2 Å². The number of carbonyl (C=O) groups is 1. The molecule has 25 heavy (non-hydrogen) atoms. The third-order valence-corrected chi connectivity index (χ3v) is 3.75. The van der Waals surface area contributed by atoms with Crippen LogP contribution in [0.5, 0.6) is 5.75 Å².